The summed E-state index contributed by atoms with van der Waals surface area (Å²) in [6, 6.07) is 7.93. The van der Waals surface area contributed by atoms with Crippen molar-refractivity contribution in [3.63, 3.8) is 0 Å². The van der Waals surface area contributed by atoms with Crippen LogP contribution in [0.3, 0.4) is 0 Å². The minimum Gasteiger partial charge on any atom is -0.454 e. The van der Waals surface area contributed by atoms with Gasteiger partial charge in [0.2, 0.25) is 5.82 Å². The van der Waals surface area contributed by atoms with Crippen molar-refractivity contribution in [2.75, 3.05) is 0 Å². The summed E-state index contributed by atoms with van der Waals surface area (Å²) >= 11 is 3.12. The highest BCUT2D eigenvalue weighted by Gasteiger charge is 2.14. The van der Waals surface area contributed by atoms with Crippen LogP contribution in [0, 0.1) is 18.6 Å². The van der Waals surface area contributed by atoms with Crippen molar-refractivity contribution in [3.8, 4) is 11.5 Å². The normalized spacial score (nSPS) is 12.3. The minimum atomic E-state index is -1.01. The predicted molar refractivity (Wildman–Crippen MR) is 82.7 cm³/mol. The lowest BCUT2D eigenvalue weighted by atomic mass is 10.0. The van der Waals surface area contributed by atoms with Gasteiger partial charge >= 0.3 is 0 Å². The minimum absolute atomic E-state index is 0.0572. The largest absolute Gasteiger partial charge is 0.454 e. The third kappa shape index (κ3) is 4.02. The van der Waals surface area contributed by atoms with Crippen LogP contribution in [-0.4, -0.2) is 6.04 Å². The highest BCUT2D eigenvalue weighted by Crippen LogP contribution is 2.32. The Bertz CT molecular complexity index is 659. The Kier molecular flexibility index (Phi) is 4.96. The van der Waals surface area contributed by atoms with Gasteiger partial charge in [-0.05, 0) is 44.0 Å². The summed E-state index contributed by atoms with van der Waals surface area (Å²) in [4.78, 5) is 0. The lowest BCUT2D eigenvalue weighted by Crippen LogP contribution is -2.18. The van der Waals surface area contributed by atoms with E-state index < -0.39 is 11.6 Å². The zero-order valence-corrected chi connectivity index (χ0v) is 13.4. The zero-order chi connectivity index (χ0) is 15.6. The molecule has 0 fully saturated rings. The van der Waals surface area contributed by atoms with Crippen molar-refractivity contribution in [2.24, 2.45) is 5.73 Å². The molecule has 0 heterocycles. The molecule has 0 saturated heterocycles. The van der Waals surface area contributed by atoms with Crippen molar-refractivity contribution in [1.82, 2.24) is 0 Å². The third-order valence-electron chi connectivity index (χ3n) is 2.94. The van der Waals surface area contributed by atoms with E-state index in [9.17, 15) is 8.78 Å². The van der Waals surface area contributed by atoms with Gasteiger partial charge in [0, 0.05) is 10.5 Å². The smallest absolute Gasteiger partial charge is 0.201 e. The highest BCUT2D eigenvalue weighted by atomic mass is 79.9. The Balaban J connectivity index is 2.40. The van der Waals surface area contributed by atoms with Crippen LogP contribution in [0.1, 0.15) is 18.1 Å². The molecule has 2 aromatic rings. The van der Waals surface area contributed by atoms with Crippen molar-refractivity contribution in [1.29, 1.82) is 0 Å². The first-order valence-corrected chi connectivity index (χ1v) is 7.33. The standard InChI is InChI=1S/C16H16BrF2NO/c1-9-3-4-14(11(5-9)6-10(2)20)21-15-8-12(17)7-13(18)16(15)19/h3-5,7-8,10H,6,20H2,1-2H3. The molecule has 0 radical (unpaired) electrons. The zero-order valence-electron chi connectivity index (χ0n) is 11.8. The van der Waals surface area contributed by atoms with Gasteiger partial charge in [0.1, 0.15) is 5.75 Å². The van der Waals surface area contributed by atoms with Crippen molar-refractivity contribution >= 4 is 15.9 Å². The monoisotopic (exact) mass is 355 g/mol. The molecule has 2 N–H and O–H groups in total. The van der Waals surface area contributed by atoms with E-state index in [0.717, 1.165) is 17.2 Å². The van der Waals surface area contributed by atoms with Crippen LogP contribution >= 0.6 is 15.9 Å². The number of rotatable bonds is 4. The van der Waals surface area contributed by atoms with Crippen molar-refractivity contribution < 1.29 is 13.5 Å². The Morgan fingerprint density at radius 2 is 1.90 bits per heavy atom. The summed E-state index contributed by atoms with van der Waals surface area (Å²) in [5.41, 5.74) is 7.74. The predicted octanol–water partition coefficient (Wildman–Crippen LogP) is 4.72. The van der Waals surface area contributed by atoms with E-state index in [-0.39, 0.29) is 11.8 Å². The molecule has 2 rings (SSSR count). The van der Waals surface area contributed by atoms with Gasteiger partial charge in [-0.15, -0.1) is 0 Å². The molecule has 0 aliphatic carbocycles. The number of hydrogen-bond donors (Lipinski definition) is 1. The molecule has 0 amide bonds. The number of benzene rings is 2. The fourth-order valence-electron chi connectivity index (χ4n) is 2.04. The van der Waals surface area contributed by atoms with Crippen LogP contribution in [0.5, 0.6) is 11.5 Å². The van der Waals surface area contributed by atoms with Gasteiger partial charge in [-0.3, -0.25) is 0 Å². The van der Waals surface area contributed by atoms with Crippen LogP contribution < -0.4 is 10.5 Å². The molecule has 5 heteroatoms. The van der Waals surface area contributed by atoms with Crippen LogP contribution in [0.15, 0.2) is 34.8 Å². The Labute approximate surface area is 131 Å². The van der Waals surface area contributed by atoms with E-state index in [1.165, 1.54) is 6.07 Å². The molecule has 21 heavy (non-hydrogen) atoms. The average molecular weight is 356 g/mol. The van der Waals surface area contributed by atoms with E-state index >= 15 is 0 Å². The molecule has 2 aromatic carbocycles. The summed E-state index contributed by atoms with van der Waals surface area (Å²) in [6.45, 7) is 3.83. The maximum atomic E-state index is 13.8. The van der Waals surface area contributed by atoms with Crippen molar-refractivity contribution in [3.05, 3.63) is 57.6 Å². The fraction of sp³-hybridized carbons (Fsp3) is 0.250. The number of aryl methyl sites for hydroxylation is 1. The highest BCUT2D eigenvalue weighted by molar-refractivity contribution is 9.10. The number of ether oxygens (including phenoxy) is 1. The molecular weight excluding hydrogens is 340 g/mol. The van der Waals surface area contributed by atoms with E-state index in [0.29, 0.717) is 16.6 Å². The molecule has 2 nitrogen and oxygen atoms in total. The molecule has 0 aliphatic heterocycles. The lowest BCUT2D eigenvalue weighted by molar-refractivity contribution is 0.411. The molecule has 1 unspecified atom stereocenters. The second-order valence-electron chi connectivity index (χ2n) is 5.09. The molecule has 0 aliphatic rings. The number of nitrogens with two attached hydrogens (primary N) is 1. The number of hydrogen-bond acceptors (Lipinski definition) is 2. The van der Waals surface area contributed by atoms with Gasteiger partial charge in [0.25, 0.3) is 0 Å². The summed E-state index contributed by atoms with van der Waals surface area (Å²) in [5, 5.41) is 0. The maximum Gasteiger partial charge on any atom is 0.201 e. The Morgan fingerprint density at radius 1 is 1.19 bits per heavy atom. The van der Waals surface area contributed by atoms with E-state index in [2.05, 4.69) is 15.9 Å². The van der Waals surface area contributed by atoms with Gasteiger partial charge in [0.15, 0.2) is 11.6 Å². The molecular formula is C16H16BrF2NO. The van der Waals surface area contributed by atoms with Crippen molar-refractivity contribution in [2.45, 2.75) is 26.3 Å². The summed E-state index contributed by atoms with van der Waals surface area (Å²) in [7, 11) is 0. The molecule has 1 atom stereocenters. The summed E-state index contributed by atoms with van der Waals surface area (Å²) in [6.07, 6.45) is 0.592. The van der Waals surface area contributed by atoms with Crippen LogP contribution in [-0.2, 0) is 6.42 Å². The SMILES string of the molecule is Cc1ccc(Oc2cc(Br)cc(F)c2F)c(CC(C)N)c1. The van der Waals surface area contributed by atoms with E-state index in [1.54, 1.807) is 6.07 Å². The second kappa shape index (κ2) is 6.54. The fourth-order valence-corrected chi connectivity index (χ4v) is 2.45. The lowest BCUT2D eigenvalue weighted by Gasteiger charge is -2.14. The maximum absolute atomic E-state index is 13.8. The molecule has 0 saturated carbocycles. The molecule has 0 aromatic heterocycles. The van der Waals surface area contributed by atoms with E-state index in [1.807, 2.05) is 26.0 Å². The summed E-state index contributed by atoms with van der Waals surface area (Å²) < 4.78 is 33.2. The van der Waals surface area contributed by atoms with Crippen LogP contribution in [0.25, 0.3) is 0 Å². The molecule has 0 bridgehead atoms. The van der Waals surface area contributed by atoms with Gasteiger partial charge in [-0.2, -0.15) is 4.39 Å². The molecule has 112 valence electrons. The Morgan fingerprint density at radius 3 is 2.57 bits per heavy atom. The molecule has 0 spiro atoms. The second-order valence-corrected chi connectivity index (χ2v) is 6.01. The topological polar surface area (TPSA) is 35.2 Å². The average Bonchev–Trinajstić information content (AvgIpc) is 2.37. The first-order chi connectivity index (χ1) is 9.86. The summed E-state index contributed by atoms with van der Waals surface area (Å²) in [5.74, 6) is -1.64. The first-order valence-electron chi connectivity index (χ1n) is 6.54. The van der Waals surface area contributed by atoms with Gasteiger partial charge in [-0.25, -0.2) is 4.39 Å². The Hall–Kier alpha value is -1.46. The van der Waals surface area contributed by atoms with Gasteiger partial charge in [-0.1, -0.05) is 33.6 Å². The quantitative estimate of drug-likeness (QED) is 0.805. The third-order valence-corrected chi connectivity index (χ3v) is 3.40. The van der Waals surface area contributed by atoms with Gasteiger partial charge in [0.05, 0.1) is 0 Å². The number of halogens is 3. The van der Waals surface area contributed by atoms with Crippen LogP contribution in [0.2, 0.25) is 0 Å². The van der Waals surface area contributed by atoms with Crippen LogP contribution in [0.4, 0.5) is 8.78 Å². The first kappa shape index (κ1) is 15.9. The van der Waals surface area contributed by atoms with E-state index in [4.69, 9.17) is 10.5 Å². The van der Waals surface area contributed by atoms with Gasteiger partial charge < -0.3 is 10.5 Å².